The highest BCUT2D eigenvalue weighted by atomic mass is 16.5. The lowest BCUT2D eigenvalue weighted by atomic mass is 10.1. The van der Waals surface area contributed by atoms with E-state index in [1.165, 1.54) is 0 Å². The van der Waals surface area contributed by atoms with E-state index < -0.39 is 18.5 Å². The summed E-state index contributed by atoms with van der Waals surface area (Å²) in [4.78, 5) is 24.4. The van der Waals surface area contributed by atoms with Crippen molar-refractivity contribution in [3.05, 3.63) is 59.4 Å². The standard InChI is InChI=1S/C21H21NO5/c1-4-25-15-9-10-18-16(11-15)14(3)20(27-18)21(24)26-12-19(23)22-17-8-6-5-7-13(17)2/h5-11H,4,12H2,1-3H3,(H,22,23). The average Bonchev–Trinajstić information content (AvgIpc) is 2.98. The van der Waals surface area contributed by atoms with Crippen LogP contribution in [0.3, 0.4) is 0 Å². The van der Waals surface area contributed by atoms with Crippen molar-refractivity contribution in [2.45, 2.75) is 20.8 Å². The van der Waals surface area contributed by atoms with E-state index in [-0.39, 0.29) is 5.76 Å². The number of hydrogen-bond donors (Lipinski definition) is 1. The van der Waals surface area contributed by atoms with Crippen LogP contribution in [-0.4, -0.2) is 25.1 Å². The molecule has 1 aromatic heterocycles. The zero-order chi connectivity index (χ0) is 19.4. The van der Waals surface area contributed by atoms with Gasteiger partial charge in [-0.25, -0.2) is 4.79 Å². The zero-order valence-corrected chi connectivity index (χ0v) is 15.5. The van der Waals surface area contributed by atoms with Gasteiger partial charge in [0.2, 0.25) is 5.76 Å². The van der Waals surface area contributed by atoms with E-state index >= 15 is 0 Å². The highest BCUT2D eigenvalue weighted by Crippen LogP contribution is 2.29. The van der Waals surface area contributed by atoms with Crippen LogP contribution in [-0.2, 0) is 9.53 Å². The fraction of sp³-hybridized carbons (Fsp3) is 0.238. The van der Waals surface area contributed by atoms with Crippen LogP contribution >= 0.6 is 0 Å². The van der Waals surface area contributed by atoms with Crippen LogP contribution in [0.4, 0.5) is 5.69 Å². The molecule has 0 radical (unpaired) electrons. The number of nitrogens with one attached hydrogen (secondary N) is 1. The molecule has 1 amide bonds. The lowest BCUT2D eigenvalue weighted by Crippen LogP contribution is -2.21. The minimum Gasteiger partial charge on any atom is -0.494 e. The van der Waals surface area contributed by atoms with Crippen LogP contribution in [0.15, 0.2) is 46.9 Å². The molecule has 0 atom stereocenters. The van der Waals surface area contributed by atoms with Crippen molar-refractivity contribution in [1.82, 2.24) is 0 Å². The third kappa shape index (κ3) is 4.11. The van der Waals surface area contributed by atoms with E-state index in [0.29, 0.717) is 29.2 Å². The molecular weight excluding hydrogens is 346 g/mol. The van der Waals surface area contributed by atoms with Gasteiger partial charge in [-0.05, 0) is 50.6 Å². The zero-order valence-electron chi connectivity index (χ0n) is 15.5. The first-order valence-electron chi connectivity index (χ1n) is 8.68. The second-order valence-electron chi connectivity index (χ2n) is 6.09. The minimum atomic E-state index is -0.679. The largest absolute Gasteiger partial charge is 0.494 e. The maximum Gasteiger partial charge on any atom is 0.375 e. The van der Waals surface area contributed by atoms with Crippen molar-refractivity contribution in [1.29, 1.82) is 0 Å². The summed E-state index contributed by atoms with van der Waals surface area (Å²) >= 11 is 0. The Morgan fingerprint density at radius 3 is 2.63 bits per heavy atom. The van der Waals surface area contributed by atoms with Crippen molar-refractivity contribution in [3.8, 4) is 5.75 Å². The quantitative estimate of drug-likeness (QED) is 0.659. The number of fused-ring (bicyclic) bond motifs is 1. The second-order valence-corrected chi connectivity index (χ2v) is 6.09. The molecule has 27 heavy (non-hydrogen) atoms. The second kappa shape index (κ2) is 7.95. The summed E-state index contributed by atoms with van der Waals surface area (Å²) in [6.07, 6.45) is 0. The maximum atomic E-state index is 12.3. The molecule has 0 bridgehead atoms. The van der Waals surface area contributed by atoms with Crippen LogP contribution in [0.25, 0.3) is 11.0 Å². The molecule has 0 spiro atoms. The molecule has 0 aliphatic rings. The molecule has 0 fully saturated rings. The normalized spacial score (nSPS) is 10.6. The van der Waals surface area contributed by atoms with Crippen LogP contribution in [0.2, 0.25) is 0 Å². The number of benzene rings is 2. The number of rotatable bonds is 6. The van der Waals surface area contributed by atoms with Crippen molar-refractivity contribution in [2.24, 2.45) is 0 Å². The van der Waals surface area contributed by atoms with Gasteiger partial charge in [-0.3, -0.25) is 4.79 Å². The SMILES string of the molecule is CCOc1ccc2oc(C(=O)OCC(=O)Nc3ccccc3C)c(C)c2c1. The number of ether oxygens (including phenoxy) is 2. The molecule has 2 aromatic carbocycles. The Hall–Kier alpha value is -3.28. The first-order chi connectivity index (χ1) is 13.0. The molecule has 6 heteroatoms. The van der Waals surface area contributed by atoms with Crippen molar-refractivity contribution < 1.29 is 23.5 Å². The number of hydrogen-bond acceptors (Lipinski definition) is 5. The Morgan fingerprint density at radius 2 is 1.89 bits per heavy atom. The number of amides is 1. The lowest BCUT2D eigenvalue weighted by Gasteiger charge is -2.08. The van der Waals surface area contributed by atoms with Gasteiger partial charge in [-0.1, -0.05) is 18.2 Å². The number of para-hydroxylation sites is 1. The third-order valence-corrected chi connectivity index (χ3v) is 4.16. The predicted octanol–water partition coefficient (Wildman–Crippen LogP) is 4.24. The number of carbonyl (C=O) groups is 2. The van der Waals surface area contributed by atoms with Crippen LogP contribution in [0.5, 0.6) is 5.75 Å². The molecule has 0 aliphatic carbocycles. The number of aryl methyl sites for hydroxylation is 2. The molecule has 0 unspecified atom stereocenters. The molecule has 1 heterocycles. The first-order valence-corrected chi connectivity index (χ1v) is 8.68. The van der Waals surface area contributed by atoms with Crippen molar-refractivity contribution in [2.75, 3.05) is 18.5 Å². The predicted molar refractivity (Wildman–Crippen MR) is 102 cm³/mol. The number of carbonyl (C=O) groups excluding carboxylic acids is 2. The fourth-order valence-electron chi connectivity index (χ4n) is 2.75. The Balaban J connectivity index is 1.68. The van der Waals surface area contributed by atoms with Gasteiger partial charge in [0, 0.05) is 16.6 Å². The van der Waals surface area contributed by atoms with Crippen LogP contribution in [0, 0.1) is 13.8 Å². The average molecular weight is 367 g/mol. The Bertz CT molecular complexity index is 989. The summed E-state index contributed by atoms with van der Waals surface area (Å²) in [7, 11) is 0. The first kappa shape index (κ1) is 18.5. The third-order valence-electron chi connectivity index (χ3n) is 4.16. The van der Waals surface area contributed by atoms with E-state index in [1.807, 2.05) is 38.1 Å². The van der Waals surface area contributed by atoms with Gasteiger partial charge in [0.15, 0.2) is 6.61 Å². The van der Waals surface area contributed by atoms with Gasteiger partial charge < -0.3 is 19.2 Å². The Kier molecular flexibility index (Phi) is 5.45. The monoisotopic (exact) mass is 367 g/mol. The van der Waals surface area contributed by atoms with Crippen LogP contribution < -0.4 is 10.1 Å². The van der Waals surface area contributed by atoms with Crippen molar-refractivity contribution >= 4 is 28.5 Å². The molecule has 6 nitrogen and oxygen atoms in total. The molecular formula is C21H21NO5. The Labute approximate surface area is 157 Å². The summed E-state index contributed by atoms with van der Waals surface area (Å²) in [5.74, 6) is -0.305. The molecule has 0 saturated carbocycles. The highest BCUT2D eigenvalue weighted by molar-refractivity contribution is 5.98. The molecule has 140 valence electrons. The maximum absolute atomic E-state index is 12.3. The summed E-state index contributed by atoms with van der Waals surface area (Å²) in [5, 5.41) is 3.49. The van der Waals surface area contributed by atoms with Gasteiger partial charge in [0.1, 0.15) is 11.3 Å². The molecule has 3 rings (SSSR count). The Morgan fingerprint density at radius 1 is 1.11 bits per heavy atom. The molecule has 3 aromatic rings. The molecule has 0 aliphatic heterocycles. The van der Waals surface area contributed by atoms with Gasteiger partial charge >= 0.3 is 5.97 Å². The fourth-order valence-corrected chi connectivity index (χ4v) is 2.75. The summed E-state index contributed by atoms with van der Waals surface area (Å²) in [5.41, 5.74) is 2.82. The highest BCUT2D eigenvalue weighted by Gasteiger charge is 2.20. The van der Waals surface area contributed by atoms with E-state index in [1.54, 1.807) is 25.1 Å². The van der Waals surface area contributed by atoms with Crippen molar-refractivity contribution in [3.63, 3.8) is 0 Å². The van der Waals surface area contributed by atoms with Gasteiger partial charge in [0.05, 0.1) is 6.61 Å². The summed E-state index contributed by atoms with van der Waals surface area (Å²) in [6, 6.07) is 12.7. The molecule has 0 saturated heterocycles. The lowest BCUT2D eigenvalue weighted by molar-refractivity contribution is -0.119. The van der Waals surface area contributed by atoms with Gasteiger partial charge in [-0.2, -0.15) is 0 Å². The van der Waals surface area contributed by atoms with Gasteiger partial charge in [0.25, 0.3) is 5.91 Å². The van der Waals surface area contributed by atoms with E-state index in [4.69, 9.17) is 13.9 Å². The number of furan rings is 1. The summed E-state index contributed by atoms with van der Waals surface area (Å²) in [6.45, 7) is 5.71. The van der Waals surface area contributed by atoms with Crippen LogP contribution in [0.1, 0.15) is 28.6 Å². The topological polar surface area (TPSA) is 77.8 Å². The number of esters is 1. The number of anilines is 1. The minimum absolute atomic E-state index is 0.0855. The summed E-state index contributed by atoms with van der Waals surface area (Å²) < 4.78 is 16.2. The van der Waals surface area contributed by atoms with E-state index in [2.05, 4.69) is 5.32 Å². The molecule has 1 N–H and O–H groups in total. The van der Waals surface area contributed by atoms with Gasteiger partial charge in [-0.15, -0.1) is 0 Å². The van der Waals surface area contributed by atoms with E-state index in [0.717, 1.165) is 10.9 Å². The van der Waals surface area contributed by atoms with E-state index in [9.17, 15) is 9.59 Å². The smallest absolute Gasteiger partial charge is 0.375 e.